The van der Waals surface area contributed by atoms with Crippen LogP contribution in [0, 0.1) is 0 Å². The Bertz CT molecular complexity index is 507. The number of benzene rings is 1. The van der Waals surface area contributed by atoms with Crippen LogP contribution < -0.4 is 10.6 Å². The molecule has 1 aromatic carbocycles. The van der Waals surface area contributed by atoms with E-state index >= 15 is 0 Å². The quantitative estimate of drug-likeness (QED) is 0.392. The first kappa shape index (κ1) is 17.4. The maximum absolute atomic E-state index is 4.33. The van der Waals surface area contributed by atoms with Crippen LogP contribution >= 0.6 is 11.8 Å². The summed E-state index contributed by atoms with van der Waals surface area (Å²) in [5, 5.41) is 6.57. The highest BCUT2D eigenvalue weighted by molar-refractivity contribution is 7.99. The molecule has 1 rings (SSSR count). The highest BCUT2D eigenvalue weighted by Gasteiger charge is 1.98. The molecule has 0 radical (unpaired) electrons. The number of thioether (sulfide) groups is 1. The summed E-state index contributed by atoms with van der Waals surface area (Å²) < 4.78 is 0. The van der Waals surface area contributed by atoms with E-state index in [1.54, 1.807) is 11.8 Å². The van der Waals surface area contributed by atoms with E-state index in [1.165, 1.54) is 5.57 Å². The van der Waals surface area contributed by atoms with Gasteiger partial charge in [0.1, 0.15) is 0 Å². The molecule has 0 saturated carbocycles. The topological polar surface area (TPSA) is 36.4 Å². The minimum Gasteiger partial charge on any atom is -0.386 e. The first-order valence-corrected chi connectivity index (χ1v) is 8.28. The van der Waals surface area contributed by atoms with Crippen molar-refractivity contribution < 1.29 is 0 Å². The largest absolute Gasteiger partial charge is 0.386 e. The molecule has 0 aliphatic heterocycles. The van der Waals surface area contributed by atoms with Crippen molar-refractivity contribution in [2.24, 2.45) is 4.99 Å². The fourth-order valence-corrected chi connectivity index (χ4v) is 2.25. The molecule has 0 amide bonds. The van der Waals surface area contributed by atoms with Crippen molar-refractivity contribution in [2.75, 3.05) is 29.3 Å². The zero-order valence-corrected chi connectivity index (χ0v) is 14.0. The molecule has 0 fully saturated rings. The first-order valence-electron chi connectivity index (χ1n) is 7.13. The second-order valence-electron chi connectivity index (χ2n) is 4.68. The van der Waals surface area contributed by atoms with Gasteiger partial charge in [-0.25, -0.2) is 0 Å². The van der Waals surface area contributed by atoms with Crippen molar-refractivity contribution in [3.8, 4) is 0 Å². The number of anilines is 2. The lowest BCUT2D eigenvalue weighted by Gasteiger charge is -2.11. The molecule has 0 spiro atoms. The van der Waals surface area contributed by atoms with Gasteiger partial charge in [-0.05, 0) is 31.6 Å². The van der Waals surface area contributed by atoms with Crippen LogP contribution in [0.25, 0.3) is 0 Å². The Morgan fingerprint density at radius 2 is 2.05 bits per heavy atom. The number of rotatable bonds is 9. The van der Waals surface area contributed by atoms with E-state index in [-0.39, 0.29) is 0 Å². The van der Waals surface area contributed by atoms with E-state index in [1.807, 2.05) is 31.5 Å². The third-order valence-electron chi connectivity index (χ3n) is 3.00. The maximum atomic E-state index is 4.33. The van der Waals surface area contributed by atoms with Crippen LogP contribution in [0.5, 0.6) is 0 Å². The molecule has 1 aromatic rings. The average molecular weight is 303 g/mol. The minimum atomic E-state index is 0.824. The molecular formula is C17H25N3S. The van der Waals surface area contributed by atoms with Gasteiger partial charge in [-0.1, -0.05) is 31.2 Å². The van der Waals surface area contributed by atoms with Gasteiger partial charge in [0.05, 0.1) is 17.3 Å². The van der Waals surface area contributed by atoms with Gasteiger partial charge >= 0.3 is 0 Å². The number of aliphatic imine (C=N–C) groups is 1. The van der Waals surface area contributed by atoms with Crippen molar-refractivity contribution in [1.82, 2.24) is 0 Å². The van der Waals surface area contributed by atoms with Crippen molar-refractivity contribution in [2.45, 2.75) is 20.3 Å². The summed E-state index contributed by atoms with van der Waals surface area (Å²) in [7, 11) is 1.93. The Kier molecular flexibility index (Phi) is 8.36. The van der Waals surface area contributed by atoms with Crippen molar-refractivity contribution in [1.29, 1.82) is 0 Å². The Balaban J connectivity index is 2.29. The van der Waals surface area contributed by atoms with E-state index < -0.39 is 0 Å². The van der Waals surface area contributed by atoms with Gasteiger partial charge in [0.2, 0.25) is 0 Å². The van der Waals surface area contributed by atoms with Gasteiger partial charge in [-0.2, -0.15) is 0 Å². The lowest BCUT2D eigenvalue weighted by molar-refractivity contribution is 1.10. The van der Waals surface area contributed by atoms with Crippen LogP contribution in [-0.2, 0) is 0 Å². The summed E-state index contributed by atoms with van der Waals surface area (Å²) in [6.07, 6.45) is 4.94. The summed E-state index contributed by atoms with van der Waals surface area (Å²) in [6, 6.07) is 8.17. The predicted octanol–water partition coefficient (Wildman–Crippen LogP) is 4.77. The molecule has 0 unspecified atom stereocenters. The van der Waals surface area contributed by atoms with Gasteiger partial charge in [-0.15, -0.1) is 11.8 Å². The molecule has 0 heterocycles. The molecular weight excluding hydrogens is 278 g/mol. The van der Waals surface area contributed by atoms with E-state index in [0.29, 0.717) is 0 Å². The lowest BCUT2D eigenvalue weighted by Crippen LogP contribution is -2.02. The summed E-state index contributed by atoms with van der Waals surface area (Å²) in [5.41, 5.74) is 4.44. The molecule has 0 aliphatic carbocycles. The number of para-hydroxylation sites is 2. The number of allylic oxidation sites excluding steroid dienone is 2. The maximum Gasteiger partial charge on any atom is 0.0615 e. The fourth-order valence-electron chi connectivity index (χ4n) is 1.58. The van der Waals surface area contributed by atoms with Gasteiger partial charge in [0.25, 0.3) is 0 Å². The van der Waals surface area contributed by atoms with E-state index in [9.17, 15) is 0 Å². The van der Waals surface area contributed by atoms with Crippen LogP contribution in [0.3, 0.4) is 0 Å². The fraction of sp³-hybridized carbons (Fsp3) is 0.353. The number of hydrogen-bond donors (Lipinski definition) is 2. The van der Waals surface area contributed by atoms with Crippen LogP contribution in [0.2, 0.25) is 0 Å². The molecule has 4 heteroatoms. The molecule has 3 nitrogen and oxygen atoms in total. The van der Waals surface area contributed by atoms with Crippen LogP contribution in [0.15, 0.2) is 53.2 Å². The standard InChI is InChI=1S/C17H25N3S/c1-5-14(2)10-11-19-15(3)12-21-13-20-17-9-7-6-8-16(17)18-4/h6-11,18,20H,3,5,12-13H2,1-2,4H3/b14-10-,19-11-. The van der Waals surface area contributed by atoms with Crippen LogP contribution in [0.4, 0.5) is 11.4 Å². The SMILES string of the molecule is C=C(CSCNc1ccccc1NC)/N=C\C=C(\C)CC. The highest BCUT2D eigenvalue weighted by Crippen LogP contribution is 2.21. The molecule has 0 bridgehead atoms. The minimum absolute atomic E-state index is 0.824. The van der Waals surface area contributed by atoms with E-state index in [2.05, 4.69) is 48.2 Å². The van der Waals surface area contributed by atoms with E-state index in [0.717, 1.165) is 35.1 Å². The van der Waals surface area contributed by atoms with Crippen molar-refractivity contribution >= 4 is 29.4 Å². The van der Waals surface area contributed by atoms with Crippen molar-refractivity contribution in [3.63, 3.8) is 0 Å². The normalized spacial score (nSPS) is 11.7. The smallest absolute Gasteiger partial charge is 0.0615 e. The summed E-state index contributed by atoms with van der Waals surface area (Å²) in [6.45, 7) is 8.21. The van der Waals surface area contributed by atoms with Crippen molar-refractivity contribution in [3.05, 3.63) is 48.2 Å². The third-order valence-corrected chi connectivity index (χ3v) is 3.89. The average Bonchev–Trinajstić information content (AvgIpc) is 2.51. The van der Waals surface area contributed by atoms with Crippen LogP contribution in [-0.4, -0.2) is 24.9 Å². The molecule has 114 valence electrons. The Hall–Kier alpha value is -1.68. The summed E-state index contributed by atoms with van der Waals surface area (Å²) in [5.74, 6) is 1.65. The Morgan fingerprint density at radius 3 is 2.71 bits per heavy atom. The molecule has 0 aromatic heterocycles. The third kappa shape index (κ3) is 7.04. The Labute approximate surface area is 132 Å². The highest BCUT2D eigenvalue weighted by atomic mass is 32.2. The second-order valence-corrected chi connectivity index (χ2v) is 5.66. The van der Waals surface area contributed by atoms with Gasteiger partial charge < -0.3 is 10.6 Å². The summed E-state index contributed by atoms with van der Waals surface area (Å²) >= 11 is 1.77. The van der Waals surface area contributed by atoms with Gasteiger partial charge in [-0.3, -0.25) is 4.99 Å². The summed E-state index contributed by atoms with van der Waals surface area (Å²) in [4.78, 5) is 4.33. The monoisotopic (exact) mass is 303 g/mol. The van der Waals surface area contributed by atoms with Gasteiger partial charge in [0, 0.05) is 24.7 Å². The first-order chi connectivity index (χ1) is 10.2. The molecule has 21 heavy (non-hydrogen) atoms. The molecule has 0 aliphatic rings. The zero-order chi connectivity index (χ0) is 15.5. The molecule has 2 N–H and O–H groups in total. The zero-order valence-electron chi connectivity index (χ0n) is 13.1. The second kappa shape index (κ2) is 10.1. The van der Waals surface area contributed by atoms with Crippen LogP contribution in [0.1, 0.15) is 20.3 Å². The van der Waals surface area contributed by atoms with E-state index in [4.69, 9.17) is 0 Å². The number of hydrogen-bond acceptors (Lipinski definition) is 4. The molecule has 0 saturated heterocycles. The number of nitrogens with one attached hydrogen (secondary N) is 2. The molecule has 0 atom stereocenters. The lowest BCUT2D eigenvalue weighted by atomic mass is 10.2. The Morgan fingerprint density at radius 1 is 1.33 bits per heavy atom. The number of nitrogens with zero attached hydrogens (tertiary/aromatic N) is 1. The predicted molar refractivity (Wildman–Crippen MR) is 98.6 cm³/mol. The van der Waals surface area contributed by atoms with Gasteiger partial charge in [0.15, 0.2) is 0 Å².